The van der Waals surface area contributed by atoms with E-state index in [1.807, 2.05) is 18.2 Å². The highest BCUT2D eigenvalue weighted by Gasteiger charge is 2.17. The molecule has 1 heterocycles. The molecule has 1 aromatic heterocycles. The summed E-state index contributed by atoms with van der Waals surface area (Å²) in [5.74, 6) is 5.49. The number of thiophene rings is 1. The second-order valence-electron chi connectivity index (χ2n) is 4.85. The molecule has 0 fully saturated rings. The van der Waals surface area contributed by atoms with E-state index >= 15 is 0 Å². The van der Waals surface area contributed by atoms with Crippen molar-refractivity contribution in [1.82, 2.24) is 5.43 Å². The summed E-state index contributed by atoms with van der Waals surface area (Å²) >= 11 is 4.95. The van der Waals surface area contributed by atoms with Crippen molar-refractivity contribution in [2.24, 2.45) is 5.84 Å². The second-order valence-corrected chi connectivity index (χ2v) is 6.67. The Morgan fingerprint density at radius 1 is 1.24 bits per heavy atom. The van der Waals surface area contributed by atoms with Crippen LogP contribution in [0.2, 0.25) is 0 Å². The van der Waals surface area contributed by atoms with Crippen molar-refractivity contribution in [1.29, 1.82) is 0 Å². The first kappa shape index (κ1) is 14.7. The third kappa shape index (κ3) is 3.01. The van der Waals surface area contributed by atoms with E-state index in [4.69, 9.17) is 5.84 Å². The number of hydrazine groups is 1. The average molecular weight is 365 g/mol. The quantitative estimate of drug-likeness (QED) is 0.526. The van der Waals surface area contributed by atoms with Crippen LogP contribution in [0.4, 0.5) is 4.39 Å². The molecular weight excluding hydrogens is 351 g/mol. The van der Waals surface area contributed by atoms with Crippen LogP contribution in [0.15, 0.2) is 52.3 Å². The van der Waals surface area contributed by atoms with Crippen LogP contribution in [0.1, 0.15) is 17.2 Å². The number of benzene rings is 2. The first-order valence-electron chi connectivity index (χ1n) is 6.55. The Bertz CT molecular complexity index is 772. The number of hydrogen-bond donors (Lipinski definition) is 2. The van der Waals surface area contributed by atoms with Gasteiger partial charge in [0.05, 0.1) is 6.04 Å². The van der Waals surface area contributed by atoms with E-state index in [1.54, 1.807) is 17.4 Å². The molecule has 0 saturated heterocycles. The lowest BCUT2D eigenvalue weighted by Gasteiger charge is -2.16. The fourth-order valence-electron chi connectivity index (χ4n) is 2.43. The predicted octanol–water partition coefficient (Wildman–Crippen LogP) is 4.55. The van der Waals surface area contributed by atoms with Crippen molar-refractivity contribution in [2.75, 3.05) is 0 Å². The van der Waals surface area contributed by atoms with Crippen LogP contribution in [0, 0.1) is 5.82 Å². The number of nitrogens with two attached hydrogens (primary N) is 1. The van der Waals surface area contributed by atoms with Gasteiger partial charge in [-0.25, -0.2) is 4.39 Å². The van der Waals surface area contributed by atoms with Gasteiger partial charge < -0.3 is 0 Å². The van der Waals surface area contributed by atoms with Crippen LogP contribution < -0.4 is 11.3 Å². The zero-order valence-corrected chi connectivity index (χ0v) is 13.5. The Balaban J connectivity index is 1.95. The maximum atomic E-state index is 14.0. The van der Waals surface area contributed by atoms with Gasteiger partial charge in [-0.05, 0) is 46.5 Å². The summed E-state index contributed by atoms with van der Waals surface area (Å²) in [4.78, 5) is 0. The van der Waals surface area contributed by atoms with E-state index in [1.165, 1.54) is 16.2 Å². The van der Waals surface area contributed by atoms with Crippen molar-refractivity contribution >= 4 is 37.4 Å². The van der Waals surface area contributed by atoms with Gasteiger partial charge in [0.2, 0.25) is 0 Å². The highest BCUT2D eigenvalue weighted by Crippen LogP contribution is 2.32. The highest BCUT2D eigenvalue weighted by molar-refractivity contribution is 9.10. The maximum absolute atomic E-state index is 14.0. The predicted molar refractivity (Wildman–Crippen MR) is 89.7 cm³/mol. The molecule has 0 saturated carbocycles. The SMILES string of the molecule is NNC(Cc1ccc(Br)cc1F)c1csc2ccccc12. The number of nitrogens with one attached hydrogen (secondary N) is 1. The molecule has 3 aromatic rings. The maximum Gasteiger partial charge on any atom is 0.127 e. The molecule has 0 aliphatic rings. The van der Waals surface area contributed by atoms with E-state index < -0.39 is 0 Å². The zero-order valence-electron chi connectivity index (χ0n) is 11.1. The van der Waals surface area contributed by atoms with Crippen molar-refractivity contribution in [3.8, 4) is 0 Å². The summed E-state index contributed by atoms with van der Waals surface area (Å²) in [7, 11) is 0. The summed E-state index contributed by atoms with van der Waals surface area (Å²) in [5.41, 5.74) is 4.58. The molecule has 1 unspecified atom stereocenters. The molecule has 0 radical (unpaired) electrons. The van der Waals surface area contributed by atoms with Crippen LogP contribution in [0.5, 0.6) is 0 Å². The standard InChI is InChI=1S/C16H14BrFN2S/c17-11-6-5-10(14(18)8-11)7-15(20-19)13-9-21-16-4-2-1-3-12(13)16/h1-6,8-9,15,20H,7,19H2. The van der Waals surface area contributed by atoms with E-state index in [0.29, 0.717) is 12.0 Å². The van der Waals surface area contributed by atoms with Crippen molar-refractivity contribution < 1.29 is 4.39 Å². The van der Waals surface area contributed by atoms with Crippen LogP contribution in [0.3, 0.4) is 0 Å². The fraction of sp³-hybridized carbons (Fsp3) is 0.125. The molecule has 5 heteroatoms. The average Bonchev–Trinajstić information content (AvgIpc) is 2.91. The van der Waals surface area contributed by atoms with E-state index in [-0.39, 0.29) is 11.9 Å². The van der Waals surface area contributed by atoms with Crippen LogP contribution in [-0.4, -0.2) is 0 Å². The third-order valence-electron chi connectivity index (χ3n) is 3.53. The van der Waals surface area contributed by atoms with E-state index in [0.717, 1.165) is 10.0 Å². The summed E-state index contributed by atoms with van der Waals surface area (Å²) in [6, 6.07) is 13.2. The summed E-state index contributed by atoms with van der Waals surface area (Å²) in [6.45, 7) is 0. The van der Waals surface area contributed by atoms with Gasteiger partial charge in [0.1, 0.15) is 5.82 Å². The summed E-state index contributed by atoms with van der Waals surface area (Å²) in [5, 5.41) is 3.26. The topological polar surface area (TPSA) is 38.0 Å². The van der Waals surface area contributed by atoms with Gasteiger partial charge in [0.15, 0.2) is 0 Å². The van der Waals surface area contributed by atoms with Crippen LogP contribution in [0.25, 0.3) is 10.1 Å². The number of rotatable bonds is 4. The first-order valence-corrected chi connectivity index (χ1v) is 8.22. The Morgan fingerprint density at radius 2 is 2.05 bits per heavy atom. The lowest BCUT2D eigenvalue weighted by atomic mass is 9.98. The minimum absolute atomic E-state index is 0.114. The molecule has 108 valence electrons. The Hall–Kier alpha value is -1.27. The van der Waals surface area contributed by atoms with Gasteiger partial charge in [0, 0.05) is 9.17 Å². The fourth-order valence-corrected chi connectivity index (χ4v) is 3.78. The molecule has 21 heavy (non-hydrogen) atoms. The summed E-state index contributed by atoms with van der Waals surface area (Å²) < 4.78 is 16.0. The van der Waals surface area contributed by atoms with Crippen molar-refractivity contribution in [3.05, 3.63) is 69.3 Å². The number of hydrogen-bond acceptors (Lipinski definition) is 3. The Morgan fingerprint density at radius 3 is 2.81 bits per heavy atom. The van der Waals surface area contributed by atoms with Gasteiger partial charge >= 0.3 is 0 Å². The first-order chi connectivity index (χ1) is 10.2. The molecule has 0 amide bonds. The highest BCUT2D eigenvalue weighted by atomic mass is 79.9. The molecular formula is C16H14BrFN2S. The molecule has 2 nitrogen and oxygen atoms in total. The molecule has 0 aliphatic carbocycles. The summed E-state index contributed by atoms with van der Waals surface area (Å²) in [6.07, 6.45) is 0.510. The monoisotopic (exact) mass is 364 g/mol. The van der Waals surface area contributed by atoms with Crippen molar-refractivity contribution in [2.45, 2.75) is 12.5 Å². The molecule has 3 rings (SSSR count). The normalized spacial score (nSPS) is 12.7. The van der Waals surface area contributed by atoms with Crippen molar-refractivity contribution in [3.63, 3.8) is 0 Å². The number of fused-ring (bicyclic) bond motifs is 1. The largest absolute Gasteiger partial charge is 0.271 e. The van der Waals surface area contributed by atoms with Crippen LogP contribution >= 0.6 is 27.3 Å². The van der Waals surface area contributed by atoms with Gasteiger partial charge in [-0.15, -0.1) is 11.3 Å². The lowest BCUT2D eigenvalue weighted by Crippen LogP contribution is -2.29. The van der Waals surface area contributed by atoms with Gasteiger partial charge in [-0.3, -0.25) is 11.3 Å². The number of halogens is 2. The van der Waals surface area contributed by atoms with Gasteiger partial charge in [-0.2, -0.15) is 0 Å². The molecule has 0 bridgehead atoms. The molecule has 3 N–H and O–H groups in total. The molecule has 0 spiro atoms. The molecule has 2 aromatic carbocycles. The van der Waals surface area contributed by atoms with Gasteiger partial charge in [-0.1, -0.05) is 40.2 Å². The van der Waals surface area contributed by atoms with Gasteiger partial charge in [0.25, 0.3) is 0 Å². The van der Waals surface area contributed by atoms with E-state index in [2.05, 4.69) is 38.9 Å². The minimum atomic E-state index is -0.218. The van der Waals surface area contributed by atoms with Crippen LogP contribution in [-0.2, 0) is 6.42 Å². The minimum Gasteiger partial charge on any atom is -0.271 e. The smallest absolute Gasteiger partial charge is 0.127 e. The third-order valence-corrected chi connectivity index (χ3v) is 5.00. The zero-order chi connectivity index (χ0) is 14.8. The second kappa shape index (κ2) is 6.23. The Labute approximate surface area is 134 Å². The Kier molecular flexibility index (Phi) is 4.35. The molecule has 0 aliphatic heterocycles. The lowest BCUT2D eigenvalue weighted by molar-refractivity contribution is 0.532. The van der Waals surface area contributed by atoms with E-state index in [9.17, 15) is 4.39 Å². The molecule has 1 atom stereocenters.